The van der Waals surface area contributed by atoms with E-state index in [2.05, 4.69) is 10.3 Å². The lowest BCUT2D eigenvalue weighted by Crippen LogP contribution is -2.42. The number of nitrogens with two attached hydrogens (primary N) is 1. The van der Waals surface area contributed by atoms with E-state index in [1.807, 2.05) is 0 Å². The molecule has 1 amide bonds. The number of anilines is 1. The highest BCUT2D eigenvalue weighted by atomic mass is 16.5. The summed E-state index contributed by atoms with van der Waals surface area (Å²) in [7, 11) is 0. The van der Waals surface area contributed by atoms with Crippen molar-refractivity contribution in [3.63, 3.8) is 0 Å². The van der Waals surface area contributed by atoms with E-state index < -0.39 is 5.97 Å². The summed E-state index contributed by atoms with van der Waals surface area (Å²) in [5, 5.41) is 7.43. The largest absolute Gasteiger partial charge is 0.458 e. The number of hydrogen-bond donors (Lipinski definition) is 1. The highest BCUT2D eigenvalue weighted by molar-refractivity contribution is 5.92. The molecule has 0 spiro atoms. The standard InChI is InChI=1S/C12H19N5O4/c1-8(2)21-12(19)10-11(13)17(15-14-10)7-9(18)16-3-5-20-6-4-16/h8H,3-7,13H2,1-2H3. The summed E-state index contributed by atoms with van der Waals surface area (Å²) in [6.07, 6.45) is -0.281. The second-order valence-corrected chi connectivity index (χ2v) is 4.93. The van der Waals surface area contributed by atoms with E-state index in [4.69, 9.17) is 15.2 Å². The van der Waals surface area contributed by atoms with Crippen LogP contribution in [-0.2, 0) is 20.8 Å². The second kappa shape index (κ2) is 6.53. The zero-order valence-electron chi connectivity index (χ0n) is 12.1. The van der Waals surface area contributed by atoms with Crippen molar-refractivity contribution in [2.75, 3.05) is 32.0 Å². The van der Waals surface area contributed by atoms with E-state index in [1.165, 1.54) is 4.68 Å². The van der Waals surface area contributed by atoms with Gasteiger partial charge < -0.3 is 20.1 Å². The number of ether oxygens (including phenoxy) is 2. The minimum atomic E-state index is -0.646. The molecule has 21 heavy (non-hydrogen) atoms. The highest BCUT2D eigenvalue weighted by Crippen LogP contribution is 2.11. The van der Waals surface area contributed by atoms with Crippen molar-refractivity contribution in [2.24, 2.45) is 0 Å². The van der Waals surface area contributed by atoms with Gasteiger partial charge in [0, 0.05) is 13.1 Å². The number of rotatable bonds is 4. The van der Waals surface area contributed by atoms with E-state index in [0.717, 1.165) is 0 Å². The van der Waals surface area contributed by atoms with Gasteiger partial charge in [-0.25, -0.2) is 9.48 Å². The maximum absolute atomic E-state index is 12.1. The molecule has 2 heterocycles. The Morgan fingerprint density at radius 2 is 2.05 bits per heavy atom. The van der Waals surface area contributed by atoms with E-state index in [1.54, 1.807) is 18.7 Å². The van der Waals surface area contributed by atoms with Crippen LogP contribution in [0.1, 0.15) is 24.3 Å². The SMILES string of the molecule is CC(C)OC(=O)c1nnn(CC(=O)N2CCOCC2)c1N. The molecule has 1 aliphatic heterocycles. The molecule has 0 bridgehead atoms. The van der Waals surface area contributed by atoms with E-state index >= 15 is 0 Å². The van der Waals surface area contributed by atoms with Crippen LogP contribution >= 0.6 is 0 Å². The van der Waals surface area contributed by atoms with Crippen LogP contribution in [0.4, 0.5) is 5.82 Å². The van der Waals surface area contributed by atoms with E-state index in [0.29, 0.717) is 26.3 Å². The number of aromatic nitrogens is 3. The van der Waals surface area contributed by atoms with Crippen LogP contribution in [0.25, 0.3) is 0 Å². The predicted molar refractivity (Wildman–Crippen MR) is 72.4 cm³/mol. The topological polar surface area (TPSA) is 113 Å². The molecule has 2 N–H and O–H groups in total. The van der Waals surface area contributed by atoms with Crippen molar-refractivity contribution in [1.29, 1.82) is 0 Å². The Hall–Kier alpha value is -2.16. The third-order valence-corrected chi connectivity index (χ3v) is 2.96. The number of carbonyl (C=O) groups excluding carboxylic acids is 2. The van der Waals surface area contributed by atoms with Crippen LogP contribution in [0.5, 0.6) is 0 Å². The minimum Gasteiger partial charge on any atom is -0.458 e. The predicted octanol–water partition coefficient (Wildman–Crippen LogP) is -0.716. The number of morpholine rings is 1. The fraction of sp³-hybridized carbons (Fsp3) is 0.667. The number of nitrogen functional groups attached to an aromatic ring is 1. The van der Waals surface area contributed by atoms with Gasteiger partial charge in [0.2, 0.25) is 11.6 Å². The van der Waals surface area contributed by atoms with Gasteiger partial charge in [-0.05, 0) is 13.8 Å². The van der Waals surface area contributed by atoms with Crippen molar-refractivity contribution < 1.29 is 19.1 Å². The summed E-state index contributed by atoms with van der Waals surface area (Å²) < 4.78 is 11.4. The Morgan fingerprint density at radius 3 is 2.67 bits per heavy atom. The Kier molecular flexibility index (Phi) is 4.73. The van der Waals surface area contributed by atoms with Gasteiger partial charge in [0.1, 0.15) is 6.54 Å². The summed E-state index contributed by atoms with van der Waals surface area (Å²) >= 11 is 0. The van der Waals surface area contributed by atoms with Gasteiger partial charge in [-0.3, -0.25) is 4.79 Å². The third kappa shape index (κ3) is 3.69. The van der Waals surface area contributed by atoms with Gasteiger partial charge in [0.05, 0.1) is 19.3 Å². The molecule has 9 heteroatoms. The monoisotopic (exact) mass is 297 g/mol. The first-order valence-corrected chi connectivity index (χ1v) is 6.74. The van der Waals surface area contributed by atoms with Gasteiger partial charge in [0.15, 0.2) is 5.82 Å². The van der Waals surface area contributed by atoms with E-state index in [-0.39, 0.29) is 30.1 Å². The fourth-order valence-corrected chi connectivity index (χ4v) is 1.89. The molecule has 1 fully saturated rings. The number of carbonyl (C=O) groups is 2. The van der Waals surface area contributed by atoms with Gasteiger partial charge >= 0.3 is 5.97 Å². The molecule has 0 atom stereocenters. The number of esters is 1. The summed E-state index contributed by atoms with van der Waals surface area (Å²) in [4.78, 5) is 25.5. The van der Waals surface area contributed by atoms with Gasteiger partial charge in [-0.1, -0.05) is 5.21 Å². The van der Waals surface area contributed by atoms with Gasteiger partial charge in [-0.2, -0.15) is 0 Å². The molecule has 2 rings (SSSR count). The minimum absolute atomic E-state index is 0.0299. The van der Waals surface area contributed by atoms with Crippen molar-refractivity contribution >= 4 is 17.7 Å². The Morgan fingerprint density at radius 1 is 1.38 bits per heavy atom. The van der Waals surface area contributed by atoms with Crippen molar-refractivity contribution in [3.8, 4) is 0 Å². The van der Waals surface area contributed by atoms with Crippen LogP contribution in [0, 0.1) is 0 Å². The zero-order chi connectivity index (χ0) is 15.4. The van der Waals surface area contributed by atoms with Gasteiger partial charge in [0.25, 0.3) is 0 Å². The lowest BCUT2D eigenvalue weighted by atomic mass is 10.4. The number of hydrogen-bond acceptors (Lipinski definition) is 7. The second-order valence-electron chi connectivity index (χ2n) is 4.93. The summed E-state index contributed by atoms with van der Waals surface area (Å²) in [5.41, 5.74) is 5.73. The van der Waals surface area contributed by atoms with Gasteiger partial charge in [-0.15, -0.1) is 5.10 Å². The summed E-state index contributed by atoms with van der Waals surface area (Å²) in [6.45, 7) is 5.50. The average molecular weight is 297 g/mol. The number of amides is 1. The zero-order valence-corrected chi connectivity index (χ0v) is 12.1. The Bertz CT molecular complexity index is 522. The van der Waals surface area contributed by atoms with Crippen LogP contribution < -0.4 is 5.73 Å². The molecule has 0 unspecified atom stereocenters. The molecular formula is C12H19N5O4. The molecule has 1 aromatic heterocycles. The molecule has 116 valence electrons. The Labute approximate surface area is 122 Å². The normalized spacial score (nSPS) is 15.3. The smallest absolute Gasteiger partial charge is 0.363 e. The third-order valence-electron chi connectivity index (χ3n) is 2.96. The molecule has 0 aliphatic carbocycles. The number of nitrogens with zero attached hydrogens (tertiary/aromatic N) is 4. The fourth-order valence-electron chi connectivity index (χ4n) is 1.89. The quantitative estimate of drug-likeness (QED) is 0.730. The molecule has 0 aromatic carbocycles. The molecule has 1 aliphatic rings. The maximum Gasteiger partial charge on any atom is 0.363 e. The van der Waals surface area contributed by atoms with Crippen LogP contribution in [0.3, 0.4) is 0 Å². The van der Waals surface area contributed by atoms with Crippen molar-refractivity contribution in [2.45, 2.75) is 26.5 Å². The highest BCUT2D eigenvalue weighted by Gasteiger charge is 2.23. The van der Waals surface area contributed by atoms with E-state index in [9.17, 15) is 9.59 Å². The lowest BCUT2D eigenvalue weighted by molar-refractivity contribution is -0.136. The molecule has 0 radical (unpaired) electrons. The van der Waals surface area contributed by atoms with Crippen LogP contribution in [0.2, 0.25) is 0 Å². The van der Waals surface area contributed by atoms with Crippen LogP contribution in [-0.4, -0.2) is 64.2 Å². The lowest BCUT2D eigenvalue weighted by Gasteiger charge is -2.26. The van der Waals surface area contributed by atoms with Crippen molar-refractivity contribution in [3.05, 3.63) is 5.69 Å². The first-order valence-electron chi connectivity index (χ1n) is 6.74. The summed E-state index contributed by atoms with van der Waals surface area (Å²) in [6, 6.07) is 0. The molecule has 1 aromatic rings. The van der Waals surface area contributed by atoms with Crippen LogP contribution in [0.15, 0.2) is 0 Å². The average Bonchev–Trinajstić information content (AvgIpc) is 2.80. The summed E-state index contributed by atoms with van der Waals surface area (Å²) in [5.74, 6) is -0.756. The molecule has 1 saturated heterocycles. The van der Waals surface area contributed by atoms with Crippen molar-refractivity contribution in [1.82, 2.24) is 19.9 Å². The molecular weight excluding hydrogens is 278 g/mol. The first kappa shape index (κ1) is 15.2. The molecule has 9 nitrogen and oxygen atoms in total. The molecule has 0 saturated carbocycles. The Balaban J connectivity index is 2.02. The first-order chi connectivity index (χ1) is 9.99. The maximum atomic E-state index is 12.1.